The van der Waals surface area contributed by atoms with Gasteiger partial charge < -0.3 is 14.2 Å². The second-order valence-corrected chi connectivity index (χ2v) is 12.4. The van der Waals surface area contributed by atoms with Gasteiger partial charge in [-0.3, -0.25) is 4.90 Å². The fourth-order valence-electron chi connectivity index (χ4n) is 5.77. The fraction of sp³-hybridized carbons (Fsp3) is 0.394. The molecule has 1 fully saturated rings. The molecule has 230 valence electrons. The van der Waals surface area contributed by atoms with E-state index in [1.165, 1.54) is 32.4 Å². The quantitative estimate of drug-likeness (QED) is 0.177. The summed E-state index contributed by atoms with van der Waals surface area (Å²) >= 11 is 0. The minimum Gasteiger partial charge on any atom is -0.497 e. The van der Waals surface area contributed by atoms with Gasteiger partial charge in [-0.15, -0.1) is 4.33 Å². The van der Waals surface area contributed by atoms with Gasteiger partial charge in [-0.25, -0.2) is 9.28 Å². The summed E-state index contributed by atoms with van der Waals surface area (Å²) in [6.45, 7) is 3.65. The van der Waals surface area contributed by atoms with Crippen LogP contribution in [0.5, 0.6) is 17.2 Å². The number of methoxy groups -OCH3 is 2. The van der Waals surface area contributed by atoms with E-state index < -0.39 is 22.0 Å². The summed E-state index contributed by atoms with van der Waals surface area (Å²) < 4.78 is 60.3. The Balaban J connectivity index is 1.54. The van der Waals surface area contributed by atoms with Crippen molar-refractivity contribution in [1.29, 1.82) is 0 Å². The molecule has 10 heteroatoms. The molecule has 0 aromatic heterocycles. The molecule has 3 aromatic carbocycles. The number of allylic oxidation sites excluding steroid dienone is 1. The van der Waals surface area contributed by atoms with Crippen LogP contribution in [0.15, 0.2) is 60.7 Å². The number of fused-ring (bicyclic) bond motifs is 1. The van der Waals surface area contributed by atoms with Gasteiger partial charge in [-0.2, -0.15) is 8.42 Å². The molecular weight excluding hydrogens is 573 g/mol. The SMILES string of the molecule is COc1ccc2c(c1)CCC(c1ccc(F)c(OC)c1)=C2C(OOS(C)(=O)=O)c1ccc(OCCN2CCCCC2)cc1. The lowest BCUT2D eigenvalue weighted by molar-refractivity contribution is -0.225. The maximum Gasteiger partial charge on any atom is 0.290 e. The third-order valence-electron chi connectivity index (χ3n) is 7.90. The minimum absolute atomic E-state index is 0.112. The van der Waals surface area contributed by atoms with E-state index in [-0.39, 0.29) is 5.75 Å². The fourth-order valence-corrected chi connectivity index (χ4v) is 5.99. The lowest BCUT2D eigenvalue weighted by Gasteiger charge is -2.29. The summed E-state index contributed by atoms with van der Waals surface area (Å²) in [5.41, 5.74) is 4.84. The molecule has 1 unspecified atom stereocenters. The maximum atomic E-state index is 14.4. The number of hydrogen-bond acceptors (Lipinski definition) is 8. The van der Waals surface area contributed by atoms with Crippen molar-refractivity contribution in [3.8, 4) is 17.2 Å². The van der Waals surface area contributed by atoms with Gasteiger partial charge in [0.2, 0.25) is 0 Å². The van der Waals surface area contributed by atoms with E-state index in [9.17, 15) is 12.8 Å². The van der Waals surface area contributed by atoms with E-state index in [4.69, 9.17) is 23.4 Å². The lowest BCUT2D eigenvalue weighted by Crippen LogP contribution is -2.33. The molecule has 8 nitrogen and oxygen atoms in total. The summed E-state index contributed by atoms with van der Waals surface area (Å²) in [7, 11) is -0.918. The van der Waals surface area contributed by atoms with Gasteiger partial charge in [0.15, 0.2) is 11.6 Å². The molecule has 3 aromatic rings. The van der Waals surface area contributed by atoms with E-state index in [1.807, 2.05) is 42.5 Å². The van der Waals surface area contributed by atoms with E-state index >= 15 is 0 Å². The number of likely N-dealkylation sites (tertiary alicyclic amines) is 1. The Morgan fingerprint density at radius 3 is 2.33 bits per heavy atom. The highest BCUT2D eigenvalue weighted by atomic mass is 32.2. The molecule has 1 atom stereocenters. The molecule has 0 spiro atoms. The normalized spacial score (nSPS) is 16.5. The van der Waals surface area contributed by atoms with Crippen molar-refractivity contribution in [2.45, 2.75) is 38.2 Å². The predicted molar refractivity (Wildman–Crippen MR) is 163 cm³/mol. The van der Waals surface area contributed by atoms with Crippen molar-refractivity contribution in [1.82, 2.24) is 4.90 Å². The van der Waals surface area contributed by atoms with Crippen LogP contribution in [0.25, 0.3) is 11.1 Å². The van der Waals surface area contributed by atoms with Gasteiger partial charge in [0.25, 0.3) is 10.1 Å². The zero-order valence-corrected chi connectivity index (χ0v) is 25.6. The van der Waals surface area contributed by atoms with Crippen molar-refractivity contribution in [3.63, 3.8) is 0 Å². The number of piperidine rings is 1. The highest BCUT2D eigenvalue weighted by Crippen LogP contribution is 2.47. The van der Waals surface area contributed by atoms with Crippen LogP contribution in [0.4, 0.5) is 4.39 Å². The first-order valence-corrected chi connectivity index (χ1v) is 16.3. The molecule has 0 bridgehead atoms. The van der Waals surface area contributed by atoms with Crippen LogP contribution in [-0.4, -0.2) is 60.0 Å². The van der Waals surface area contributed by atoms with Crippen LogP contribution < -0.4 is 14.2 Å². The number of benzene rings is 3. The standard InChI is InChI=1S/C33H38FNO7S/c1-38-27-13-15-29-24(21-27)9-14-28(25-10-16-30(34)31(22-25)39-2)32(29)33(41-42-43(3,36)37)23-7-11-26(12-8-23)40-20-19-35-17-5-4-6-18-35/h7-8,10-13,15-16,21-22,33H,4-6,9,14,17-20H2,1-3H3. The summed E-state index contributed by atoms with van der Waals surface area (Å²) in [6.07, 6.45) is 5.01. The Morgan fingerprint density at radius 2 is 1.63 bits per heavy atom. The average molecular weight is 612 g/mol. The molecule has 0 radical (unpaired) electrons. The Bertz CT molecular complexity index is 1550. The van der Waals surface area contributed by atoms with Crippen molar-refractivity contribution < 1.29 is 36.2 Å². The van der Waals surface area contributed by atoms with Crippen LogP contribution in [0, 0.1) is 5.82 Å². The van der Waals surface area contributed by atoms with E-state index in [1.54, 1.807) is 19.2 Å². The Kier molecular flexibility index (Phi) is 10.0. The average Bonchev–Trinajstić information content (AvgIpc) is 3.02. The zero-order valence-electron chi connectivity index (χ0n) is 24.8. The van der Waals surface area contributed by atoms with E-state index in [2.05, 4.69) is 4.90 Å². The number of halogens is 1. The lowest BCUT2D eigenvalue weighted by atomic mass is 9.79. The molecule has 2 aliphatic rings. The monoisotopic (exact) mass is 611 g/mol. The van der Waals surface area contributed by atoms with Crippen LogP contribution in [0.2, 0.25) is 0 Å². The molecule has 1 saturated heterocycles. The molecule has 1 aliphatic heterocycles. The van der Waals surface area contributed by atoms with Gasteiger partial charge in [0.05, 0.1) is 20.5 Å². The molecule has 0 N–H and O–H groups in total. The van der Waals surface area contributed by atoms with Crippen LogP contribution in [-0.2, 0) is 25.8 Å². The highest BCUT2D eigenvalue weighted by Gasteiger charge is 2.31. The molecule has 5 rings (SSSR count). The van der Waals surface area contributed by atoms with Gasteiger partial charge in [-0.1, -0.05) is 30.7 Å². The first-order chi connectivity index (χ1) is 20.8. The summed E-state index contributed by atoms with van der Waals surface area (Å²) in [6, 6.07) is 17.8. The van der Waals surface area contributed by atoms with Crippen LogP contribution >= 0.6 is 0 Å². The van der Waals surface area contributed by atoms with E-state index in [0.29, 0.717) is 42.1 Å². The number of rotatable bonds is 12. The highest BCUT2D eigenvalue weighted by molar-refractivity contribution is 7.85. The van der Waals surface area contributed by atoms with Crippen molar-refractivity contribution >= 4 is 21.3 Å². The molecule has 1 heterocycles. The van der Waals surface area contributed by atoms with Gasteiger partial charge in [-0.05, 0) is 109 Å². The summed E-state index contributed by atoms with van der Waals surface area (Å²) in [5.74, 6) is 1.05. The van der Waals surface area contributed by atoms with Crippen LogP contribution in [0.1, 0.15) is 54.0 Å². The number of aryl methyl sites for hydroxylation is 1. The van der Waals surface area contributed by atoms with Gasteiger partial charge >= 0.3 is 0 Å². The number of ether oxygens (including phenoxy) is 3. The van der Waals surface area contributed by atoms with Gasteiger partial charge in [0, 0.05) is 6.54 Å². The first-order valence-electron chi connectivity index (χ1n) is 14.5. The number of hydrogen-bond donors (Lipinski definition) is 0. The van der Waals surface area contributed by atoms with Crippen molar-refractivity contribution in [2.75, 3.05) is 46.7 Å². The first kappa shape index (κ1) is 31.0. The van der Waals surface area contributed by atoms with Gasteiger partial charge in [0.1, 0.15) is 24.2 Å². The summed E-state index contributed by atoms with van der Waals surface area (Å²) in [4.78, 5) is 8.16. The van der Waals surface area contributed by atoms with Crippen LogP contribution in [0.3, 0.4) is 0 Å². The largest absolute Gasteiger partial charge is 0.497 e. The smallest absolute Gasteiger partial charge is 0.290 e. The molecular formula is C33H38FNO7S. The molecule has 0 amide bonds. The second kappa shape index (κ2) is 13.9. The maximum absolute atomic E-state index is 14.4. The molecule has 1 aliphatic carbocycles. The Labute approximate surface area is 253 Å². The Hall–Kier alpha value is -3.44. The minimum atomic E-state index is -3.95. The molecule has 43 heavy (non-hydrogen) atoms. The third kappa shape index (κ3) is 7.75. The number of nitrogens with zero attached hydrogens (tertiary/aromatic N) is 1. The predicted octanol–water partition coefficient (Wildman–Crippen LogP) is 6.21. The van der Waals surface area contributed by atoms with Crippen molar-refractivity contribution in [2.24, 2.45) is 0 Å². The zero-order chi connectivity index (χ0) is 30.4. The van der Waals surface area contributed by atoms with E-state index in [0.717, 1.165) is 48.2 Å². The van der Waals surface area contributed by atoms with Crippen molar-refractivity contribution in [3.05, 3.63) is 88.7 Å². The Morgan fingerprint density at radius 1 is 0.884 bits per heavy atom. The molecule has 0 saturated carbocycles. The topological polar surface area (TPSA) is 83.5 Å². The second-order valence-electron chi connectivity index (χ2n) is 10.8. The summed E-state index contributed by atoms with van der Waals surface area (Å²) in [5, 5.41) is 0. The third-order valence-corrected chi connectivity index (χ3v) is 8.23.